The van der Waals surface area contributed by atoms with Crippen LogP contribution in [0.5, 0.6) is 0 Å². The van der Waals surface area contributed by atoms with Gasteiger partial charge >= 0.3 is 0 Å². The third kappa shape index (κ3) is 2.88. The predicted octanol–water partition coefficient (Wildman–Crippen LogP) is 1.02. The van der Waals surface area contributed by atoms with Crippen molar-refractivity contribution in [2.24, 2.45) is 5.73 Å². The van der Waals surface area contributed by atoms with E-state index in [1.165, 1.54) is 12.1 Å². The maximum atomic E-state index is 13.3. The number of hydrogen-bond acceptors (Lipinski definition) is 3. The van der Waals surface area contributed by atoms with E-state index >= 15 is 0 Å². The molecule has 0 spiro atoms. The van der Waals surface area contributed by atoms with Crippen molar-refractivity contribution < 1.29 is 9.18 Å². The number of primary amides is 1. The average molecular weight is 316 g/mol. The van der Waals surface area contributed by atoms with Gasteiger partial charge in [-0.2, -0.15) is 0 Å². The van der Waals surface area contributed by atoms with Crippen molar-refractivity contribution in [3.05, 3.63) is 34.1 Å². The van der Waals surface area contributed by atoms with E-state index in [0.29, 0.717) is 10.0 Å². The van der Waals surface area contributed by atoms with E-state index < -0.39 is 11.9 Å². The van der Waals surface area contributed by atoms with Gasteiger partial charge in [-0.15, -0.1) is 0 Å². The molecule has 1 fully saturated rings. The van der Waals surface area contributed by atoms with E-state index in [9.17, 15) is 9.18 Å². The number of carbonyl (C=O) groups is 1. The largest absolute Gasteiger partial charge is 0.368 e. The second-order valence-corrected chi connectivity index (χ2v) is 5.11. The van der Waals surface area contributed by atoms with E-state index in [1.54, 1.807) is 6.07 Å². The second kappa shape index (κ2) is 5.77. The lowest BCUT2D eigenvalue weighted by atomic mass is 10.0. The Hall–Kier alpha value is -0.980. The van der Waals surface area contributed by atoms with E-state index in [2.05, 4.69) is 21.2 Å². The third-order valence-electron chi connectivity index (χ3n) is 3.04. The molecule has 1 aliphatic heterocycles. The molecule has 1 aromatic rings. The van der Waals surface area contributed by atoms with Crippen LogP contribution in [0.25, 0.3) is 0 Å². The predicted molar refractivity (Wildman–Crippen MR) is 70.5 cm³/mol. The summed E-state index contributed by atoms with van der Waals surface area (Å²) >= 11 is 3.35. The third-order valence-corrected chi connectivity index (χ3v) is 3.76. The SMILES string of the molecule is NC(=O)C(c1cc(F)ccc1Br)N1CCNCC1. The van der Waals surface area contributed by atoms with Crippen LogP contribution in [0, 0.1) is 5.82 Å². The Labute approximate surface area is 113 Å². The Balaban J connectivity index is 2.34. The highest BCUT2D eigenvalue weighted by Crippen LogP contribution is 2.28. The first-order valence-corrected chi connectivity index (χ1v) is 6.58. The molecular formula is C12H15BrFN3O. The smallest absolute Gasteiger partial charge is 0.239 e. The molecule has 18 heavy (non-hydrogen) atoms. The summed E-state index contributed by atoms with van der Waals surface area (Å²) in [5, 5.41) is 3.21. The maximum absolute atomic E-state index is 13.3. The molecule has 1 atom stereocenters. The van der Waals surface area contributed by atoms with Crippen LogP contribution in [-0.4, -0.2) is 37.0 Å². The van der Waals surface area contributed by atoms with Crippen molar-refractivity contribution >= 4 is 21.8 Å². The molecule has 1 saturated heterocycles. The lowest BCUT2D eigenvalue weighted by Crippen LogP contribution is -2.48. The Morgan fingerprint density at radius 1 is 1.44 bits per heavy atom. The zero-order valence-corrected chi connectivity index (χ0v) is 11.4. The molecule has 2 rings (SSSR count). The highest BCUT2D eigenvalue weighted by Gasteiger charge is 2.28. The summed E-state index contributed by atoms with van der Waals surface area (Å²) in [6.45, 7) is 3.04. The molecule has 1 aliphatic rings. The van der Waals surface area contributed by atoms with E-state index in [1.807, 2.05) is 4.90 Å². The number of piperazine rings is 1. The zero-order valence-electron chi connectivity index (χ0n) is 9.83. The second-order valence-electron chi connectivity index (χ2n) is 4.26. The summed E-state index contributed by atoms with van der Waals surface area (Å²) in [6.07, 6.45) is 0. The van der Waals surface area contributed by atoms with Crippen LogP contribution >= 0.6 is 15.9 Å². The minimum Gasteiger partial charge on any atom is -0.368 e. The fourth-order valence-electron chi connectivity index (χ4n) is 2.19. The van der Waals surface area contributed by atoms with Gasteiger partial charge in [0.15, 0.2) is 0 Å². The van der Waals surface area contributed by atoms with Crippen molar-refractivity contribution in [2.45, 2.75) is 6.04 Å². The summed E-state index contributed by atoms with van der Waals surface area (Å²) in [6, 6.07) is 3.73. The number of nitrogens with zero attached hydrogens (tertiary/aromatic N) is 1. The van der Waals surface area contributed by atoms with Crippen LogP contribution in [0.3, 0.4) is 0 Å². The molecule has 1 unspecified atom stereocenters. The molecule has 0 bridgehead atoms. The number of nitrogens with two attached hydrogens (primary N) is 1. The van der Waals surface area contributed by atoms with Crippen molar-refractivity contribution in [3.8, 4) is 0 Å². The van der Waals surface area contributed by atoms with Gasteiger partial charge in [0.2, 0.25) is 5.91 Å². The number of hydrogen-bond donors (Lipinski definition) is 2. The van der Waals surface area contributed by atoms with Gasteiger partial charge in [-0.1, -0.05) is 15.9 Å². The first kappa shape index (κ1) is 13.5. The first-order chi connectivity index (χ1) is 8.59. The summed E-state index contributed by atoms with van der Waals surface area (Å²) in [5.74, 6) is -0.821. The molecule has 0 aromatic heterocycles. The lowest BCUT2D eigenvalue weighted by molar-refractivity contribution is -0.123. The number of rotatable bonds is 3. The average Bonchev–Trinajstić information content (AvgIpc) is 2.35. The van der Waals surface area contributed by atoms with Crippen LogP contribution in [0.2, 0.25) is 0 Å². The number of amides is 1. The van der Waals surface area contributed by atoms with Gasteiger partial charge in [0.25, 0.3) is 0 Å². The van der Waals surface area contributed by atoms with Gasteiger partial charge in [-0.25, -0.2) is 4.39 Å². The maximum Gasteiger partial charge on any atom is 0.239 e. The van der Waals surface area contributed by atoms with Crippen molar-refractivity contribution in [1.82, 2.24) is 10.2 Å². The quantitative estimate of drug-likeness (QED) is 0.875. The van der Waals surface area contributed by atoms with Crippen molar-refractivity contribution in [3.63, 3.8) is 0 Å². The first-order valence-electron chi connectivity index (χ1n) is 5.78. The fraction of sp³-hybridized carbons (Fsp3) is 0.417. The summed E-state index contributed by atoms with van der Waals surface area (Å²) in [7, 11) is 0. The topological polar surface area (TPSA) is 58.4 Å². The van der Waals surface area contributed by atoms with Crippen LogP contribution in [0.1, 0.15) is 11.6 Å². The van der Waals surface area contributed by atoms with Gasteiger partial charge in [-0.3, -0.25) is 9.69 Å². The molecule has 0 aliphatic carbocycles. The van der Waals surface area contributed by atoms with Crippen LogP contribution in [-0.2, 0) is 4.79 Å². The Bertz CT molecular complexity index is 449. The standard InChI is InChI=1S/C12H15BrFN3O/c13-10-2-1-8(14)7-9(10)11(12(15)18)17-5-3-16-4-6-17/h1-2,7,11,16H,3-6H2,(H2,15,18). The molecule has 6 heteroatoms. The van der Waals surface area contributed by atoms with Crippen molar-refractivity contribution in [2.75, 3.05) is 26.2 Å². The minimum absolute atomic E-state index is 0.366. The van der Waals surface area contributed by atoms with Crippen LogP contribution in [0.4, 0.5) is 4.39 Å². The molecule has 1 amide bonds. The van der Waals surface area contributed by atoms with E-state index in [-0.39, 0.29) is 5.82 Å². The van der Waals surface area contributed by atoms with Gasteiger partial charge in [-0.05, 0) is 23.8 Å². The minimum atomic E-state index is -0.586. The van der Waals surface area contributed by atoms with E-state index in [4.69, 9.17) is 5.73 Å². The van der Waals surface area contributed by atoms with Gasteiger partial charge in [0, 0.05) is 30.7 Å². The van der Waals surface area contributed by atoms with Crippen LogP contribution in [0.15, 0.2) is 22.7 Å². The summed E-state index contributed by atoms with van der Waals surface area (Å²) < 4.78 is 14.0. The molecule has 0 saturated carbocycles. The number of nitrogens with one attached hydrogen (secondary N) is 1. The molecule has 98 valence electrons. The van der Waals surface area contributed by atoms with Gasteiger partial charge < -0.3 is 11.1 Å². The Morgan fingerprint density at radius 2 is 2.11 bits per heavy atom. The fourth-order valence-corrected chi connectivity index (χ4v) is 2.66. The normalized spacial score (nSPS) is 18.6. The zero-order chi connectivity index (χ0) is 13.1. The molecule has 1 heterocycles. The number of benzene rings is 1. The number of carbonyl (C=O) groups excluding carboxylic acids is 1. The Kier molecular flexibility index (Phi) is 4.31. The van der Waals surface area contributed by atoms with Crippen LogP contribution < -0.4 is 11.1 Å². The Morgan fingerprint density at radius 3 is 2.72 bits per heavy atom. The highest BCUT2D eigenvalue weighted by molar-refractivity contribution is 9.10. The molecular weight excluding hydrogens is 301 g/mol. The molecule has 3 N–H and O–H groups in total. The van der Waals surface area contributed by atoms with Gasteiger partial charge in [0.05, 0.1) is 0 Å². The van der Waals surface area contributed by atoms with Gasteiger partial charge in [0.1, 0.15) is 11.9 Å². The van der Waals surface area contributed by atoms with E-state index in [0.717, 1.165) is 26.2 Å². The van der Waals surface area contributed by atoms with Crippen molar-refractivity contribution in [1.29, 1.82) is 0 Å². The highest BCUT2D eigenvalue weighted by atomic mass is 79.9. The lowest BCUT2D eigenvalue weighted by Gasteiger charge is -2.33. The molecule has 0 radical (unpaired) electrons. The molecule has 1 aromatic carbocycles. The number of halogens is 2. The molecule has 4 nitrogen and oxygen atoms in total. The summed E-state index contributed by atoms with van der Waals surface area (Å²) in [4.78, 5) is 13.7. The summed E-state index contributed by atoms with van der Waals surface area (Å²) in [5.41, 5.74) is 6.06. The monoisotopic (exact) mass is 315 g/mol.